The molecule has 2 rings (SSSR count). The highest BCUT2D eigenvalue weighted by atomic mass is 79.9. The number of nitrogens with zero attached hydrogens (tertiary/aromatic N) is 1. The van der Waals surface area contributed by atoms with Crippen molar-refractivity contribution in [1.29, 1.82) is 5.26 Å². The third kappa shape index (κ3) is 3.09. The predicted octanol–water partition coefficient (Wildman–Crippen LogP) is 4.63. The van der Waals surface area contributed by atoms with Crippen molar-refractivity contribution < 1.29 is 4.39 Å². The summed E-state index contributed by atoms with van der Waals surface area (Å²) in [5.74, 6) is -0.304. The number of nitrogens with one attached hydrogen (secondary N) is 1. The Morgan fingerprint density at radius 1 is 1.39 bits per heavy atom. The summed E-state index contributed by atoms with van der Waals surface area (Å²) in [4.78, 5) is 0.895. The molecule has 1 aromatic carbocycles. The molecule has 0 fully saturated rings. The molecule has 1 heterocycles. The van der Waals surface area contributed by atoms with Gasteiger partial charge < -0.3 is 5.32 Å². The smallest absolute Gasteiger partial charge is 0.149 e. The van der Waals surface area contributed by atoms with E-state index in [0.29, 0.717) is 5.69 Å². The van der Waals surface area contributed by atoms with Crippen molar-refractivity contribution in [2.45, 2.75) is 13.0 Å². The third-order valence-corrected chi connectivity index (χ3v) is 4.11. The Kier molecular flexibility index (Phi) is 4.00. The second-order valence-corrected chi connectivity index (χ2v) is 5.75. The molecule has 0 bridgehead atoms. The number of halogens is 2. The number of benzene rings is 1. The molecule has 1 unspecified atom stereocenters. The second kappa shape index (κ2) is 5.51. The standard InChI is InChI=1S/C13H10BrFN2S/c1-8-2-10(15)5-11(3-8)17-12(6-16)13-4-9(14)7-18-13/h2-5,7,12,17H,1H3. The summed E-state index contributed by atoms with van der Waals surface area (Å²) in [5, 5.41) is 14.1. The van der Waals surface area contributed by atoms with E-state index in [1.165, 1.54) is 23.5 Å². The number of thiophene rings is 1. The minimum Gasteiger partial charge on any atom is -0.365 e. The van der Waals surface area contributed by atoms with E-state index in [2.05, 4.69) is 27.3 Å². The fraction of sp³-hybridized carbons (Fsp3) is 0.154. The van der Waals surface area contributed by atoms with Gasteiger partial charge in [0.25, 0.3) is 0 Å². The van der Waals surface area contributed by atoms with Crippen LogP contribution < -0.4 is 5.32 Å². The van der Waals surface area contributed by atoms with E-state index in [4.69, 9.17) is 0 Å². The van der Waals surface area contributed by atoms with Crippen LogP contribution in [0, 0.1) is 24.1 Å². The fourth-order valence-corrected chi connectivity index (χ4v) is 3.07. The summed E-state index contributed by atoms with van der Waals surface area (Å²) in [6.07, 6.45) is 0. The highest BCUT2D eigenvalue weighted by Gasteiger charge is 2.13. The lowest BCUT2D eigenvalue weighted by molar-refractivity contribution is 0.627. The highest BCUT2D eigenvalue weighted by Crippen LogP contribution is 2.28. The summed E-state index contributed by atoms with van der Waals surface area (Å²) in [5.41, 5.74) is 1.44. The molecule has 0 radical (unpaired) electrons. The minimum absolute atomic E-state index is 0.304. The molecule has 18 heavy (non-hydrogen) atoms. The maximum atomic E-state index is 13.3. The van der Waals surface area contributed by atoms with Crippen molar-refractivity contribution in [3.63, 3.8) is 0 Å². The summed E-state index contributed by atoms with van der Waals surface area (Å²) < 4.78 is 14.2. The van der Waals surface area contributed by atoms with Gasteiger partial charge in [0.15, 0.2) is 0 Å². The molecule has 0 amide bonds. The molecule has 0 aliphatic rings. The Morgan fingerprint density at radius 2 is 2.17 bits per heavy atom. The summed E-state index contributed by atoms with van der Waals surface area (Å²) >= 11 is 4.84. The first-order valence-electron chi connectivity index (χ1n) is 5.26. The van der Waals surface area contributed by atoms with Crippen LogP contribution in [0.5, 0.6) is 0 Å². The maximum absolute atomic E-state index is 13.3. The molecule has 5 heteroatoms. The van der Waals surface area contributed by atoms with E-state index in [1.807, 2.05) is 24.4 Å². The monoisotopic (exact) mass is 324 g/mol. The van der Waals surface area contributed by atoms with Crippen LogP contribution in [0.4, 0.5) is 10.1 Å². The number of anilines is 1. The summed E-state index contributed by atoms with van der Waals surface area (Å²) in [6, 6.07) is 8.25. The molecule has 1 aromatic heterocycles. The van der Waals surface area contributed by atoms with E-state index >= 15 is 0 Å². The molecule has 0 aliphatic heterocycles. The Labute approximate surface area is 117 Å². The van der Waals surface area contributed by atoms with Crippen molar-refractivity contribution in [2.75, 3.05) is 5.32 Å². The highest BCUT2D eigenvalue weighted by molar-refractivity contribution is 9.10. The van der Waals surface area contributed by atoms with Crippen molar-refractivity contribution in [3.05, 3.63) is 50.4 Å². The van der Waals surface area contributed by atoms with E-state index in [0.717, 1.165) is 14.9 Å². The van der Waals surface area contributed by atoms with Crippen LogP contribution in [-0.2, 0) is 0 Å². The largest absolute Gasteiger partial charge is 0.365 e. The molecule has 2 nitrogen and oxygen atoms in total. The average Bonchev–Trinajstić information content (AvgIpc) is 2.71. The Hall–Kier alpha value is -1.38. The molecule has 0 aliphatic carbocycles. The number of aryl methyl sites for hydroxylation is 1. The predicted molar refractivity (Wildman–Crippen MR) is 75.1 cm³/mol. The van der Waals surface area contributed by atoms with Gasteiger partial charge >= 0.3 is 0 Å². The molecule has 0 spiro atoms. The zero-order chi connectivity index (χ0) is 13.1. The number of rotatable bonds is 3. The quantitative estimate of drug-likeness (QED) is 0.893. The lowest BCUT2D eigenvalue weighted by atomic mass is 10.2. The molecule has 1 N–H and O–H groups in total. The first kappa shape index (κ1) is 13.1. The number of nitriles is 1. The van der Waals surface area contributed by atoms with Crippen LogP contribution in [0.25, 0.3) is 0 Å². The summed E-state index contributed by atoms with van der Waals surface area (Å²) in [7, 11) is 0. The number of hydrogen-bond donors (Lipinski definition) is 1. The molecule has 0 saturated carbocycles. The van der Waals surface area contributed by atoms with E-state index in [-0.39, 0.29) is 5.82 Å². The van der Waals surface area contributed by atoms with Crippen LogP contribution in [-0.4, -0.2) is 0 Å². The number of hydrogen-bond acceptors (Lipinski definition) is 3. The van der Waals surface area contributed by atoms with Crippen molar-refractivity contribution >= 4 is 33.0 Å². The van der Waals surface area contributed by atoms with Gasteiger partial charge in [-0.1, -0.05) is 0 Å². The second-order valence-electron chi connectivity index (χ2n) is 3.89. The van der Waals surface area contributed by atoms with Gasteiger partial charge in [0, 0.05) is 20.4 Å². The molecule has 0 saturated heterocycles. The molecular weight excluding hydrogens is 315 g/mol. The van der Waals surface area contributed by atoms with Gasteiger partial charge in [-0.05, 0) is 52.7 Å². The van der Waals surface area contributed by atoms with Crippen molar-refractivity contribution in [1.82, 2.24) is 0 Å². The van der Waals surface area contributed by atoms with Gasteiger partial charge in [0.05, 0.1) is 6.07 Å². The van der Waals surface area contributed by atoms with Crippen LogP contribution in [0.1, 0.15) is 16.5 Å². The fourth-order valence-electron chi connectivity index (χ4n) is 1.63. The average molecular weight is 325 g/mol. The van der Waals surface area contributed by atoms with E-state index in [1.54, 1.807) is 0 Å². The molecule has 1 atom stereocenters. The minimum atomic E-state index is -0.470. The SMILES string of the molecule is Cc1cc(F)cc(NC(C#N)c2cc(Br)cs2)c1. The Morgan fingerprint density at radius 3 is 2.72 bits per heavy atom. The zero-order valence-electron chi connectivity index (χ0n) is 9.58. The van der Waals surface area contributed by atoms with E-state index < -0.39 is 6.04 Å². The van der Waals surface area contributed by atoms with Gasteiger partial charge in [0.1, 0.15) is 11.9 Å². The third-order valence-electron chi connectivity index (χ3n) is 2.35. The van der Waals surface area contributed by atoms with Gasteiger partial charge in [-0.2, -0.15) is 5.26 Å². The molecule has 2 aromatic rings. The lowest BCUT2D eigenvalue weighted by Crippen LogP contribution is -2.07. The molecule has 92 valence electrons. The van der Waals surface area contributed by atoms with Crippen LogP contribution in [0.15, 0.2) is 34.1 Å². The molecular formula is C13H10BrFN2S. The summed E-state index contributed by atoms with van der Waals surface area (Å²) in [6.45, 7) is 1.82. The van der Waals surface area contributed by atoms with Crippen LogP contribution in [0.2, 0.25) is 0 Å². The first-order chi connectivity index (χ1) is 8.58. The normalized spacial score (nSPS) is 11.9. The van der Waals surface area contributed by atoms with E-state index in [9.17, 15) is 9.65 Å². The van der Waals surface area contributed by atoms with Gasteiger partial charge in [-0.25, -0.2) is 4.39 Å². The first-order valence-corrected chi connectivity index (χ1v) is 6.93. The lowest BCUT2D eigenvalue weighted by Gasteiger charge is -2.12. The maximum Gasteiger partial charge on any atom is 0.149 e. The van der Waals surface area contributed by atoms with Crippen LogP contribution >= 0.6 is 27.3 Å². The van der Waals surface area contributed by atoms with Crippen molar-refractivity contribution in [3.8, 4) is 6.07 Å². The topological polar surface area (TPSA) is 35.8 Å². The Balaban J connectivity index is 2.23. The zero-order valence-corrected chi connectivity index (χ0v) is 12.0. The van der Waals surface area contributed by atoms with Crippen molar-refractivity contribution in [2.24, 2.45) is 0 Å². The van der Waals surface area contributed by atoms with Gasteiger partial charge in [-0.3, -0.25) is 0 Å². The Bertz CT molecular complexity index is 583. The van der Waals surface area contributed by atoms with Gasteiger partial charge in [0.2, 0.25) is 0 Å². The van der Waals surface area contributed by atoms with Gasteiger partial charge in [-0.15, -0.1) is 11.3 Å². The van der Waals surface area contributed by atoms with Crippen LogP contribution in [0.3, 0.4) is 0 Å².